The fourth-order valence-electron chi connectivity index (χ4n) is 0.540. The summed E-state index contributed by atoms with van der Waals surface area (Å²) in [6, 6.07) is 0.928. The number of allylic oxidation sites excluding steroid dienone is 1. The number of hydrogen-bond donors (Lipinski definition) is 1. The van der Waals surface area contributed by atoms with Gasteiger partial charge in [0.1, 0.15) is 6.07 Å². The number of ether oxygens (including phenoxy) is 1. The van der Waals surface area contributed by atoms with Crippen molar-refractivity contribution in [2.45, 2.75) is 13.1 Å². The van der Waals surface area contributed by atoms with E-state index in [9.17, 15) is 18.0 Å². The van der Waals surface area contributed by atoms with Gasteiger partial charge in [-0.25, -0.2) is 4.79 Å². The van der Waals surface area contributed by atoms with Crippen molar-refractivity contribution in [3.8, 4) is 6.07 Å². The minimum Gasteiger partial charge on any atom is -0.503 e. The largest absolute Gasteiger partial charge is 0.503 e. The number of carbonyl (C=O) groups excluding carboxylic acids is 1. The molecule has 0 bridgehead atoms. The third kappa shape index (κ3) is 2.97. The van der Waals surface area contributed by atoms with Crippen molar-refractivity contribution in [3.63, 3.8) is 0 Å². The van der Waals surface area contributed by atoms with E-state index in [0.29, 0.717) is 0 Å². The molecular weight excluding hydrogens is 203 g/mol. The average Bonchev–Trinajstić information content (AvgIpc) is 2.04. The molecule has 0 aliphatic heterocycles. The van der Waals surface area contributed by atoms with Crippen LogP contribution in [0.25, 0.3) is 0 Å². The molecule has 0 aliphatic carbocycles. The number of halogens is 3. The van der Waals surface area contributed by atoms with Gasteiger partial charge < -0.3 is 9.84 Å². The Morgan fingerprint density at radius 2 is 2.07 bits per heavy atom. The van der Waals surface area contributed by atoms with Gasteiger partial charge in [-0.15, -0.1) is 0 Å². The van der Waals surface area contributed by atoms with Gasteiger partial charge in [0.2, 0.25) is 5.76 Å². The molecule has 0 heterocycles. The number of nitrogens with zero attached hydrogens (tertiary/aromatic N) is 1. The van der Waals surface area contributed by atoms with Crippen molar-refractivity contribution < 1.29 is 27.8 Å². The standard InChI is InChI=1S/C7H6F3NO3/c1-2-14-6(13)4(3-11)5(12)7(8,9)10/h12H,2H2,1H3/b5-4-. The summed E-state index contributed by atoms with van der Waals surface area (Å²) < 4.78 is 39.6. The Hall–Kier alpha value is -1.71. The summed E-state index contributed by atoms with van der Waals surface area (Å²) in [6.07, 6.45) is -5.13. The smallest absolute Gasteiger partial charge is 0.450 e. The van der Waals surface area contributed by atoms with E-state index in [0.717, 1.165) is 6.07 Å². The quantitative estimate of drug-likeness (QED) is 0.323. The number of alkyl halides is 3. The van der Waals surface area contributed by atoms with Crippen LogP contribution >= 0.6 is 0 Å². The highest BCUT2D eigenvalue weighted by Crippen LogP contribution is 2.26. The Labute approximate surface area is 77.2 Å². The van der Waals surface area contributed by atoms with E-state index in [1.165, 1.54) is 6.92 Å². The molecule has 0 saturated carbocycles. The predicted octanol–water partition coefficient (Wildman–Crippen LogP) is 1.45. The van der Waals surface area contributed by atoms with Crippen molar-refractivity contribution in [2.75, 3.05) is 6.61 Å². The topological polar surface area (TPSA) is 70.3 Å². The van der Waals surface area contributed by atoms with E-state index in [1.54, 1.807) is 0 Å². The molecule has 0 fully saturated rings. The molecule has 0 aromatic heterocycles. The van der Waals surface area contributed by atoms with Gasteiger partial charge in [-0.2, -0.15) is 18.4 Å². The van der Waals surface area contributed by atoms with Gasteiger partial charge in [0.05, 0.1) is 6.61 Å². The van der Waals surface area contributed by atoms with E-state index in [4.69, 9.17) is 10.4 Å². The molecular formula is C7H6F3NO3. The predicted molar refractivity (Wildman–Crippen MR) is 38.0 cm³/mol. The zero-order chi connectivity index (χ0) is 11.4. The first-order valence-electron chi connectivity index (χ1n) is 3.42. The lowest BCUT2D eigenvalue weighted by Crippen LogP contribution is -2.18. The van der Waals surface area contributed by atoms with Crippen LogP contribution in [-0.4, -0.2) is 23.9 Å². The molecule has 1 N–H and O–H groups in total. The van der Waals surface area contributed by atoms with Crippen LogP contribution in [0.5, 0.6) is 0 Å². The number of nitriles is 1. The van der Waals surface area contributed by atoms with Crippen LogP contribution in [0.4, 0.5) is 13.2 Å². The van der Waals surface area contributed by atoms with Gasteiger partial charge in [-0.05, 0) is 6.92 Å². The van der Waals surface area contributed by atoms with Crippen LogP contribution in [0.15, 0.2) is 11.3 Å². The molecule has 4 nitrogen and oxygen atoms in total. The molecule has 0 unspecified atom stereocenters. The fourth-order valence-corrected chi connectivity index (χ4v) is 0.540. The van der Waals surface area contributed by atoms with Gasteiger partial charge in [-0.3, -0.25) is 0 Å². The first-order valence-corrected chi connectivity index (χ1v) is 3.42. The molecule has 0 spiro atoms. The van der Waals surface area contributed by atoms with Crippen LogP contribution in [0.3, 0.4) is 0 Å². The molecule has 0 aromatic carbocycles. The Morgan fingerprint density at radius 1 is 1.57 bits per heavy atom. The monoisotopic (exact) mass is 209 g/mol. The SMILES string of the molecule is CCOC(=O)/C(C#N)=C(\O)C(F)(F)F. The molecule has 78 valence electrons. The highest BCUT2D eigenvalue weighted by molar-refractivity contribution is 5.93. The molecule has 0 saturated heterocycles. The van der Waals surface area contributed by atoms with Crippen LogP contribution in [0.1, 0.15) is 6.92 Å². The first-order chi connectivity index (χ1) is 6.34. The van der Waals surface area contributed by atoms with Crippen LogP contribution < -0.4 is 0 Å². The van der Waals surface area contributed by atoms with Crippen molar-refractivity contribution >= 4 is 5.97 Å². The maximum atomic E-state index is 11.8. The molecule has 0 aromatic rings. The summed E-state index contributed by atoms with van der Waals surface area (Å²) in [7, 11) is 0. The second-order valence-electron chi connectivity index (χ2n) is 2.05. The Kier molecular flexibility index (Phi) is 3.95. The third-order valence-corrected chi connectivity index (χ3v) is 1.10. The maximum Gasteiger partial charge on any atom is 0.450 e. The molecule has 0 amide bonds. The summed E-state index contributed by atoms with van der Waals surface area (Å²) in [5.74, 6) is -3.73. The number of rotatable bonds is 2. The number of aliphatic hydroxyl groups excluding tert-OH is 1. The maximum absolute atomic E-state index is 11.8. The number of aliphatic hydroxyl groups is 1. The van der Waals surface area contributed by atoms with Gasteiger partial charge in [0.15, 0.2) is 5.57 Å². The van der Waals surface area contributed by atoms with Crippen molar-refractivity contribution in [3.05, 3.63) is 11.3 Å². The Morgan fingerprint density at radius 3 is 2.36 bits per heavy atom. The van der Waals surface area contributed by atoms with Crippen LogP contribution in [-0.2, 0) is 9.53 Å². The molecule has 14 heavy (non-hydrogen) atoms. The van der Waals surface area contributed by atoms with Gasteiger partial charge >= 0.3 is 12.1 Å². The lowest BCUT2D eigenvalue weighted by Gasteiger charge is -2.06. The van der Waals surface area contributed by atoms with Gasteiger partial charge in [0.25, 0.3) is 0 Å². The summed E-state index contributed by atoms with van der Waals surface area (Å²) in [4.78, 5) is 10.7. The first kappa shape index (κ1) is 12.3. The molecule has 0 aliphatic rings. The summed E-state index contributed by atoms with van der Waals surface area (Å²) in [5.41, 5.74) is -1.45. The lowest BCUT2D eigenvalue weighted by molar-refractivity contribution is -0.142. The summed E-state index contributed by atoms with van der Waals surface area (Å²) >= 11 is 0. The normalized spacial score (nSPS) is 12.8. The van der Waals surface area contributed by atoms with Crippen molar-refractivity contribution in [1.29, 1.82) is 5.26 Å². The molecule has 7 heteroatoms. The van der Waals surface area contributed by atoms with E-state index in [-0.39, 0.29) is 6.61 Å². The molecule has 0 radical (unpaired) electrons. The zero-order valence-electron chi connectivity index (χ0n) is 7.05. The van der Waals surface area contributed by atoms with Crippen molar-refractivity contribution in [2.24, 2.45) is 0 Å². The minimum absolute atomic E-state index is 0.185. The fraction of sp³-hybridized carbons (Fsp3) is 0.429. The van der Waals surface area contributed by atoms with Crippen molar-refractivity contribution in [1.82, 2.24) is 0 Å². The summed E-state index contributed by atoms with van der Waals surface area (Å²) in [5, 5.41) is 16.7. The van der Waals surface area contributed by atoms with E-state index < -0.39 is 23.5 Å². The Bertz CT molecular complexity index is 300. The summed E-state index contributed by atoms with van der Waals surface area (Å²) in [6.45, 7) is 1.17. The third-order valence-electron chi connectivity index (χ3n) is 1.10. The number of carbonyl (C=O) groups is 1. The van der Waals surface area contributed by atoms with Gasteiger partial charge in [-0.1, -0.05) is 0 Å². The number of esters is 1. The second kappa shape index (κ2) is 4.50. The molecule has 0 atom stereocenters. The lowest BCUT2D eigenvalue weighted by atomic mass is 10.2. The average molecular weight is 209 g/mol. The highest BCUT2D eigenvalue weighted by Gasteiger charge is 2.39. The minimum atomic E-state index is -5.13. The molecule has 0 rings (SSSR count). The van der Waals surface area contributed by atoms with E-state index in [2.05, 4.69) is 4.74 Å². The second-order valence-corrected chi connectivity index (χ2v) is 2.05. The van der Waals surface area contributed by atoms with E-state index >= 15 is 0 Å². The number of hydrogen-bond acceptors (Lipinski definition) is 4. The zero-order valence-corrected chi connectivity index (χ0v) is 7.05. The van der Waals surface area contributed by atoms with E-state index in [1.807, 2.05) is 0 Å². The van der Waals surface area contributed by atoms with Crippen LogP contribution in [0, 0.1) is 11.3 Å². The van der Waals surface area contributed by atoms with Crippen LogP contribution in [0.2, 0.25) is 0 Å². The highest BCUT2D eigenvalue weighted by atomic mass is 19.4. The Balaban J connectivity index is 5.08. The van der Waals surface area contributed by atoms with Gasteiger partial charge in [0, 0.05) is 0 Å².